The van der Waals surface area contributed by atoms with Crippen LogP contribution in [0.25, 0.3) is 6.08 Å². The van der Waals surface area contributed by atoms with Gasteiger partial charge in [0, 0.05) is 16.9 Å². The third-order valence-electron chi connectivity index (χ3n) is 6.36. The van der Waals surface area contributed by atoms with Crippen LogP contribution in [0.4, 0.5) is 22.0 Å². The largest absolute Gasteiger partial charge is 0.416 e. The number of ether oxygens (including phenoxy) is 2. The minimum atomic E-state index is -4.36. The van der Waals surface area contributed by atoms with Gasteiger partial charge in [-0.1, -0.05) is 55.5 Å². The summed E-state index contributed by atoms with van der Waals surface area (Å²) < 4.78 is 79.1. The number of aromatic nitrogens is 3. The summed E-state index contributed by atoms with van der Waals surface area (Å²) in [7, 11) is 0. The lowest BCUT2D eigenvalue weighted by Crippen LogP contribution is -2.43. The summed E-state index contributed by atoms with van der Waals surface area (Å²) >= 11 is 1.36. The van der Waals surface area contributed by atoms with Crippen LogP contribution in [0.15, 0.2) is 85.5 Å². The second kappa shape index (κ2) is 13.6. The highest BCUT2D eigenvalue weighted by molar-refractivity contribution is 8.00. The van der Waals surface area contributed by atoms with Crippen molar-refractivity contribution in [2.75, 3.05) is 13.2 Å². The van der Waals surface area contributed by atoms with Crippen molar-refractivity contribution >= 4 is 17.8 Å². The number of benzene rings is 2. The van der Waals surface area contributed by atoms with Gasteiger partial charge < -0.3 is 14.6 Å². The van der Waals surface area contributed by atoms with Gasteiger partial charge in [0.15, 0.2) is 6.29 Å². The van der Waals surface area contributed by atoms with Crippen molar-refractivity contribution in [2.45, 2.75) is 42.0 Å². The van der Waals surface area contributed by atoms with Crippen LogP contribution in [0, 0.1) is 11.6 Å². The summed E-state index contributed by atoms with van der Waals surface area (Å²) in [5, 5.41) is 15.0. The Kier molecular flexibility index (Phi) is 10.1. The van der Waals surface area contributed by atoms with Crippen molar-refractivity contribution in [3.8, 4) is 0 Å². The number of aliphatic hydroxyl groups is 1. The van der Waals surface area contributed by atoms with Gasteiger partial charge in [0.1, 0.15) is 29.9 Å². The van der Waals surface area contributed by atoms with Crippen molar-refractivity contribution in [3.05, 3.63) is 114 Å². The fourth-order valence-electron chi connectivity index (χ4n) is 4.16. The van der Waals surface area contributed by atoms with Crippen LogP contribution in [0.3, 0.4) is 0 Å². The molecule has 0 aliphatic carbocycles. The molecule has 0 spiro atoms. The molecule has 0 amide bonds. The van der Waals surface area contributed by atoms with Crippen molar-refractivity contribution in [1.29, 1.82) is 0 Å². The van der Waals surface area contributed by atoms with Crippen molar-refractivity contribution < 1.29 is 36.5 Å². The van der Waals surface area contributed by atoms with E-state index in [4.69, 9.17) is 9.47 Å². The first-order valence-electron chi connectivity index (χ1n) is 12.6. The number of allylic oxidation sites excluding steroid dienone is 4. The third-order valence-corrected chi connectivity index (χ3v) is 7.81. The summed E-state index contributed by atoms with van der Waals surface area (Å²) in [6, 6.07) is 7.94. The molecule has 2 heterocycles. The Balaban J connectivity index is 1.29. The highest BCUT2D eigenvalue weighted by Gasteiger charge is 2.41. The average Bonchev–Trinajstić information content (AvgIpc) is 3.44. The van der Waals surface area contributed by atoms with E-state index in [-0.39, 0.29) is 17.4 Å². The molecule has 218 valence electrons. The Morgan fingerprint density at radius 3 is 2.39 bits per heavy atom. The molecule has 0 bridgehead atoms. The second-order valence-electron chi connectivity index (χ2n) is 9.33. The SMILES string of the molecule is C[C@@H](S[C@H]1CO[C@H](/C=C/C=C/C=C/c2ccc(C(F)(F)F)cc2)OC1)[C@](O)(Cn1cncn1)c1ccc(F)cc1F. The molecule has 1 aromatic heterocycles. The molecule has 0 unspecified atom stereocenters. The Bertz CT molecular complexity index is 1360. The van der Waals surface area contributed by atoms with Gasteiger partial charge in [-0.05, 0) is 29.8 Å². The number of nitrogens with zero attached hydrogens (tertiary/aromatic N) is 3. The number of halogens is 5. The van der Waals surface area contributed by atoms with Crippen LogP contribution in [0.1, 0.15) is 23.6 Å². The van der Waals surface area contributed by atoms with Crippen LogP contribution in [0.2, 0.25) is 0 Å². The smallest absolute Gasteiger partial charge is 0.382 e. The monoisotopic (exact) mass is 593 g/mol. The maximum Gasteiger partial charge on any atom is 0.416 e. The number of rotatable bonds is 10. The van der Waals surface area contributed by atoms with Gasteiger partial charge in [-0.25, -0.2) is 18.4 Å². The first-order chi connectivity index (χ1) is 19.5. The van der Waals surface area contributed by atoms with E-state index in [0.29, 0.717) is 18.8 Å². The van der Waals surface area contributed by atoms with Crippen molar-refractivity contribution in [2.24, 2.45) is 0 Å². The Morgan fingerprint density at radius 1 is 1.05 bits per heavy atom. The predicted molar refractivity (Wildman–Crippen MR) is 146 cm³/mol. The van der Waals surface area contributed by atoms with Crippen LogP contribution < -0.4 is 0 Å². The molecule has 0 saturated carbocycles. The molecular weight excluding hydrogens is 565 g/mol. The minimum absolute atomic E-state index is 0.0491. The van der Waals surface area contributed by atoms with Gasteiger partial charge in [-0.2, -0.15) is 18.3 Å². The summed E-state index contributed by atoms with van der Waals surface area (Å²) in [6.45, 7) is 2.28. The zero-order chi connectivity index (χ0) is 29.5. The Labute approximate surface area is 238 Å². The third kappa shape index (κ3) is 8.35. The molecule has 1 fully saturated rings. The second-order valence-corrected chi connectivity index (χ2v) is 11.0. The summed E-state index contributed by atoms with van der Waals surface area (Å²) in [4.78, 5) is 3.88. The summed E-state index contributed by atoms with van der Waals surface area (Å²) in [5.41, 5.74) is -1.84. The minimum Gasteiger partial charge on any atom is -0.382 e. The number of hydrogen-bond acceptors (Lipinski definition) is 6. The first kappa shape index (κ1) is 30.6. The topological polar surface area (TPSA) is 69.4 Å². The lowest BCUT2D eigenvalue weighted by atomic mass is 9.90. The first-order valence-corrected chi connectivity index (χ1v) is 13.6. The van der Waals surface area contributed by atoms with E-state index in [1.54, 1.807) is 43.4 Å². The molecule has 1 N–H and O–H groups in total. The maximum atomic E-state index is 14.7. The quantitative estimate of drug-likeness (QED) is 0.225. The Morgan fingerprint density at radius 2 is 1.76 bits per heavy atom. The molecule has 2 atom stereocenters. The molecule has 1 aliphatic rings. The van der Waals surface area contributed by atoms with E-state index in [0.717, 1.165) is 24.3 Å². The van der Waals surface area contributed by atoms with Gasteiger partial charge in [0.2, 0.25) is 0 Å². The molecule has 6 nitrogen and oxygen atoms in total. The lowest BCUT2D eigenvalue weighted by Gasteiger charge is -2.37. The normalized spacial score (nSPS) is 20.7. The van der Waals surface area contributed by atoms with Crippen LogP contribution in [0.5, 0.6) is 0 Å². The van der Waals surface area contributed by atoms with Gasteiger partial charge in [-0.15, -0.1) is 11.8 Å². The summed E-state index contributed by atoms with van der Waals surface area (Å²) in [5.74, 6) is -1.60. The fraction of sp³-hybridized carbons (Fsp3) is 0.310. The molecule has 2 aromatic carbocycles. The number of thioether (sulfide) groups is 1. The zero-order valence-electron chi connectivity index (χ0n) is 21.9. The van der Waals surface area contributed by atoms with Crippen molar-refractivity contribution in [3.63, 3.8) is 0 Å². The van der Waals surface area contributed by atoms with E-state index in [1.165, 1.54) is 47.3 Å². The lowest BCUT2D eigenvalue weighted by molar-refractivity contribution is -0.146. The van der Waals surface area contributed by atoms with E-state index < -0.39 is 40.5 Å². The molecule has 41 heavy (non-hydrogen) atoms. The van der Waals surface area contributed by atoms with Crippen LogP contribution >= 0.6 is 11.8 Å². The van der Waals surface area contributed by atoms with E-state index >= 15 is 0 Å². The van der Waals surface area contributed by atoms with Crippen molar-refractivity contribution in [1.82, 2.24) is 14.8 Å². The number of hydrogen-bond donors (Lipinski definition) is 1. The standard InChI is InChI=1S/C29H28F5N3O3S/c1-20(28(38,17-37-19-35-18-36-37)25-13-12-23(30)14-26(25)31)41-24-15-39-27(40-16-24)7-5-3-2-4-6-21-8-10-22(11-9-21)29(32,33)34/h2-14,18-20,24,27,38H,15-17H2,1H3/b3-2+,6-4+,7-5+/t20-,24-,27-,28-/m1/s1. The molecule has 0 radical (unpaired) electrons. The van der Waals surface area contributed by atoms with E-state index in [9.17, 15) is 27.1 Å². The Hall–Kier alpha value is -3.32. The predicted octanol–water partition coefficient (Wildman–Crippen LogP) is 6.15. The van der Waals surface area contributed by atoms with Crippen LogP contribution in [-0.4, -0.2) is 49.9 Å². The number of alkyl halides is 3. The molecule has 4 rings (SSSR count). The zero-order valence-corrected chi connectivity index (χ0v) is 22.7. The summed E-state index contributed by atoms with van der Waals surface area (Å²) in [6.07, 6.45) is 8.05. The van der Waals surface area contributed by atoms with Gasteiger partial charge in [0.05, 0.1) is 30.6 Å². The maximum absolute atomic E-state index is 14.7. The highest BCUT2D eigenvalue weighted by atomic mass is 32.2. The van der Waals surface area contributed by atoms with E-state index in [2.05, 4.69) is 10.1 Å². The highest BCUT2D eigenvalue weighted by Crippen LogP contribution is 2.38. The van der Waals surface area contributed by atoms with E-state index in [1.807, 2.05) is 0 Å². The van der Waals surface area contributed by atoms with Gasteiger partial charge in [0.25, 0.3) is 0 Å². The molecule has 1 aliphatic heterocycles. The molecule has 1 saturated heterocycles. The molecule has 3 aromatic rings. The molecule has 12 heteroatoms. The average molecular weight is 594 g/mol. The van der Waals surface area contributed by atoms with Crippen LogP contribution in [-0.2, 0) is 27.8 Å². The fourth-order valence-corrected chi connectivity index (χ4v) is 5.48. The molecular formula is C29H28F5N3O3S. The van der Waals surface area contributed by atoms with Gasteiger partial charge >= 0.3 is 6.18 Å². The van der Waals surface area contributed by atoms with Gasteiger partial charge in [-0.3, -0.25) is 0 Å².